The van der Waals surface area contributed by atoms with Gasteiger partial charge in [0.25, 0.3) is 0 Å². The molecule has 11 heteroatoms. The van der Waals surface area contributed by atoms with Gasteiger partial charge in [-0.25, -0.2) is 19.3 Å². The molecule has 166 valence electrons. The van der Waals surface area contributed by atoms with Crippen LogP contribution >= 0.6 is 0 Å². The van der Waals surface area contributed by atoms with Gasteiger partial charge in [-0.1, -0.05) is 0 Å². The maximum atomic E-state index is 12.2. The standard InChI is InChI=1S/C21H24N8O3/c1-21(2,3)32-20(30)26-19-16(31-5)8-12(10-23-19)13-9-15(14-6-7-28(4)27-14)29-17(13)18(22)24-11-25-29/h6-11H,1-5H3,(H2,22,24,25)(H,23,26,30). The number of aromatic nitrogens is 6. The number of fused-ring (bicyclic) bond motifs is 1. The second kappa shape index (κ2) is 7.84. The van der Waals surface area contributed by atoms with Crippen molar-refractivity contribution in [2.24, 2.45) is 7.05 Å². The normalized spacial score (nSPS) is 11.5. The van der Waals surface area contributed by atoms with Crippen molar-refractivity contribution in [2.45, 2.75) is 26.4 Å². The summed E-state index contributed by atoms with van der Waals surface area (Å²) >= 11 is 0. The van der Waals surface area contributed by atoms with Gasteiger partial charge >= 0.3 is 6.09 Å². The number of amides is 1. The number of nitrogens with two attached hydrogens (primary N) is 1. The lowest BCUT2D eigenvalue weighted by molar-refractivity contribution is 0.0634. The van der Waals surface area contributed by atoms with E-state index in [1.54, 1.807) is 42.2 Å². The van der Waals surface area contributed by atoms with Crippen LogP contribution in [0.5, 0.6) is 5.75 Å². The van der Waals surface area contributed by atoms with Crippen molar-refractivity contribution in [1.29, 1.82) is 0 Å². The monoisotopic (exact) mass is 436 g/mol. The number of carbonyl (C=O) groups excluding carboxylic acids is 1. The van der Waals surface area contributed by atoms with E-state index in [4.69, 9.17) is 15.2 Å². The second-order valence-corrected chi connectivity index (χ2v) is 8.13. The number of carbonyl (C=O) groups is 1. The lowest BCUT2D eigenvalue weighted by Crippen LogP contribution is -2.27. The largest absolute Gasteiger partial charge is 0.493 e. The molecule has 4 heterocycles. The first-order valence-electron chi connectivity index (χ1n) is 9.83. The summed E-state index contributed by atoms with van der Waals surface area (Å²) in [6.45, 7) is 5.35. The molecule has 0 saturated heterocycles. The molecule has 0 aliphatic rings. The predicted octanol–water partition coefficient (Wildman–Crippen LogP) is 3.13. The molecule has 4 aromatic rings. The molecule has 0 fully saturated rings. The van der Waals surface area contributed by atoms with Crippen LogP contribution in [-0.4, -0.2) is 48.2 Å². The molecule has 0 radical (unpaired) electrons. The molecule has 11 nitrogen and oxygen atoms in total. The van der Waals surface area contributed by atoms with Crippen molar-refractivity contribution in [3.05, 3.63) is 36.9 Å². The highest BCUT2D eigenvalue weighted by molar-refractivity contribution is 5.92. The number of hydrogen-bond acceptors (Lipinski definition) is 8. The Morgan fingerprint density at radius 3 is 2.66 bits per heavy atom. The van der Waals surface area contributed by atoms with Gasteiger partial charge in [-0.15, -0.1) is 0 Å². The van der Waals surface area contributed by atoms with Crippen LogP contribution in [0.3, 0.4) is 0 Å². The molecule has 4 rings (SSSR count). The average Bonchev–Trinajstić information content (AvgIpc) is 3.31. The van der Waals surface area contributed by atoms with Crippen molar-refractivity contribution >= 4 is 23.2 Å². The van der Waals surface area contributed by atoms with Crippen molar-refractivity contribution in [1.82, 2.24) is 29.4 Å². The first-order valence-corrected chi connectivity index (χ1v) is 9.83. The number of aryl methyl sites for hydroxylation is 1. The topological polar surface area (TPSA) is 134 Å². The minimum Gasteiger partial charge on any atom is -0.493 e. The van der Waals surface area contributed by atoms with Gasteiger partial charge in [-0.05, 0) is 39.0 Å². The lowest BCUT2D eigenvalue weighted by Gasteiger charge is -2.20. The second-order valence-electron chi connectivity index (χ2n) is 8.13. The molecule has 0 aromatic carbocycles. The van der Waals surface area contributed by atoms with Gasteiger partial charge in [-0.3, -0.25) is 10.00 Å². The molecule has 0 saturated carbocycles. The van der Waals surface area contributed by atoms with Crippen LogP contribution in [0.4, 0.5) is 16.4 Å². The quantitative estimate of drug-likeness (QED) is 0.498. The Balaban J connectivity index is 1.78. The van der Waals surface area contributed by atoms with E-state index in [2.05, 4.69) is 25.5 Å². The molecule has 1 amide bonds. The van der Waals surface area contributed by atoms with Crippen LogP contribution in [-0.2, 0) is 11.8 Å². The van der Waals surface area contributed by atoms with Crippen molar-refractivity contribution < 1.29 is 14.3 Å². The summed E-state index contributed by atoms with van der Waals surface area (Å²) in [4.78, 5) is 20.7. The highest BCUT2D eigenvalue weighted by Gasteiger charge is 2.21. The minimum absolute atomic E-state index is 0.239. The van der Waals surface area contributed by atoms with Crippen molar-refractivity contribution in [3.8, 4) is 28.3 Å². The number of nitrogens with one attached hydrogen (secondary N) is 1. The number of anilines is 2. The lowest BCUT2D eigenvalue weighted by atomic mass is 10.1. The molecule has 0 atom stereocenters. The summed E-state index contributed by atoms with van der Waals surface area (Å²) in [5, 5.41) is 11.4. The van der Waals surface area contributed by atoms with Crippen LogP contribution in [0.15, 0.2) is 36.9 Å². The molecule has 32 heavy (non-hydrogen) atoms. The fraction of sp³-hybridized carbons (Fsp3) is 0.286. The first kappa shape index (κ1) is 21.1. The summed E-state index contributed by atoms with van der Waals surface area (Å²) in [5.41, 5.74) is 9.11. The Hall–Kier alpha value is -4.15. The van der Waals surface area contributed by atoms with E-state index in [0.29, 0.717) is 22.6 Å². The van der Waals surface area contributed by atoms with Crippen LogP contribution in [0.25, 0.3) is 28.0 Å². The van der Waals surface area contributed by atoms with Gasteiger partial charge in [0.05, 0.1) is 12.8 Å². The third-order valence-corrected chi connectivity index (χ3v) is 4.56. The zero-order valence-electron chi connectivity index (χ0n) is 18.4. The summed E-state index contributed by atoms with van der Waals surface area (Å²) in [7, 11) is 3.34. The Kier molecular flexibility index (Phi) is 5.17. The van der Waals surface area contributed by atoms with Gasteiger partial charge in [-0.2, -0.15) is 10.2 Å². The Morgan fingerprint density at radius 1 is 1.22 bits per heavy atom. The fourth-order valence-electron chi connectivity index (χ4n) is 3.26. The third-order valence-electron chi connectivity index (χ3n) is 4.56. The molecule has 0 unspecified atom stereocenters. The molecule has 4 aromatic heterocycles. The molecule has 3 N–H and O–H groups in total. The number of methoxy groups -OCH3 is 1. The summed E-state index contributed by atoms with van der Waals surface area (Å²) in [6, 6.07) is 5.56. The van der Waals surface area contributed by atoms with Crippen LogP contribution in [0.1, 0.15) is 20.8 Å². The molecule has 0 spiro atoms. The number of hydrogen-bond donors (Lipinski definition) is 2. The van der Waals surface area contributed by atoms with E-state index in [0.717, 1.165) is 17.0 Å². The van der Waals surface area contributed by atoms with Gasteiger partial charge in [0.2, 0.25) is 0 Å². The predicted molar refractivity (Wildman–Crippen MR) is 119 cm³/mol. The average molecular weight is 436 g/mol. The maximum absolute atomic E-state index is 12.2. The fourth-order valence-corrected chi connectivity index (χ4v) is 3.26. The molecule has 0 bridgehead atoms. The number of rotatable bonds is 4. The summed E-state index contributed by atoms with van der Waals surface area (Å²) in [5.74, 6) is 0.915. The zero-order valence-corrected chi connectivity index (χ0v) is 18.4. The summed E-state index contributed by atoms with van der Waals surface area (Å²) in [6.07, 6.45) is 4.23. The Labute approximate surface area is 184 Å². The van der Waals surface area contributed by atoms with E-state index < -0.39 is 11.7 Å². The zero-order chi connectivity index (χ0) is 23.0. The van der Waals surface area contributed by atoms with Gasteiger partial charge in [0.15, 0.2) is 17.4 Å². The maximum Gasteiger partial charge on any atom is 0.413 e. The Bertz CT molecular complexity index is 1300. The van der Waals surface area contributed by atoms with Crippen molar-refractivity contribution in [2.75, 3.05) is 18.2 Å². The SMILES string of the molecule is COc1cc(-c2cc(-c3ccn(C)n3)n3ncnc(N)c23)cnc1NC(=O)OC(C)(C)C. The minimum atomic E-state index is -0.637. The highest BCUT2D eigenvalue weighted by Crippen LogP contribution is 2.36. The van der Waals surface area contributed by atoms with E-state index in [9.17, 15) is 4.79 Å². The number of nitrogen functional groups attached to an aromatic ring is 1. The van der Waals surface area contributed by atoms with Gasteiger partial charge in [0, 0.05) is 30.6 Å². The summed E-state index contributed by atoms with van der Waals surface area (Å²) < 4.78 is 14.2. The van der Waals surface area contributed by atoms with E-state index >= 15 is 0 Å². The number of nitrogens with zero attached hydrogens (tertiary/aromatic N) is 6. The number of ether oxygens (including phenoxy) is 2. The molecule has 0 aliphatic heterocycles. The van der Waals surface area contributed by atoms with Crippen LogP contribution < -0.4 is 15.8 Å². The molecule has 0 aliphatic carbocycles. The Morgan fingerprint density at radius 2 is 2.00 bits per heavy atom. The smallest absolute Gasteiger partial charge is 0.413 e. The van der Waals surface area contributed by atoms with Crippen molar-refractivity contribution in [3.63, 3.8) is 0 Å². The first-order chi connectivity index (χ1) is 15.2. The third kappa shape index (κ3) is 4.04. The van der Waals surface area contributed by atoms with E-state index in [1.807, 2.05) is 25.4 Å². The molecular weight excluding hydrogens is 412 g/mol. The number of pyridine rings is 1. The molecular formula is C21H24N8O3. The van der Waals surface area contributed by atoms with Gasteiger partial charge < -0.3 is 15.2 Å². The van der Waals surface area contributed by atoms with Gasteiger partial charge in [0.1, 0.15) is 23.1 Å². The highest BCUT2D eigenvalue weighted by atomic mass is 16.6. The van der Waals surface area contributed by atoms with E-state index in [-0.39, 0.29) is 5.82 Å². The van der Waals surface area contributed by atoms with E-state index in [1.165, 1.54) is 13.4 Å². The van der Waals surface area contributed by atoms with Crippen LogP contribution in [0.2, 0.25) is 0 Å². The van der Waals surface area contributed by atoms with Crippen LogP contribution in [0, 0.1) is 0 Å².